The van der Waals surface area contributed by atoms with Gasteiger partial charge in [-0.05, 0) is 43.2 Å². The smallest absolute Gasteiger partial charge is 0.0339 e. The van der Waals surface area contributed by atoms with Crippen molar-refractivity contribution in [1.29, 1.82) is 0 Å². The Kier molecular flexibility index (Phi) is 3.91. The minimum atomic E-state index is 0.325. The normalized spacial score (nSPS) is 24.7. The molecule has 0 bridgehead atoms. The number of thioether (sulfide) groups is 1. The molecule has 0 saturated heterocycles. The van der Waals surface area contributed by atoms with Crippen molar-refractivity contribution >= 4 is 11.8 Å². The van der Waals surface area contributed by atoms with Crippen LogP contribution in [0.15, 0.2) is 35.2 Å². The van der Waals surface area contributed by atoms with Gasteiger partial charge in [0.2, 0.25) is 0 Å². The highest BCUT2D eigenvalue weighted by atomic mass is 32.2. The number of nitrogens with two attached hydrogens (primary N) is 1. The van der Waals surface area contributed by atoms with Gasteiger partial charge in [0, 0.05) is 16.2 Å². The first-order valence-corrected chi connectivity index (χ1v) is 8.52. The van der Waals surface area contributed by atoms with E-state index in [9.17, 15) is 0 Å². The molecule has 2 fully saturated rings. The summed E-state index contributed by atoms with van der Waals surface area (Å²) in [6.45, 7) is 0.828. The second-order valence-electron chi connectivity index (χ2n) is 6.57. The first kappa shape index (κ1) is 13.5. The van der Waals surface area contributed by atoms with E-state index in [0.29, 0.717) is 10.2 Å². The van der Waals surface area contributed by atoms with Crippen LogP contribution in [0.5, 0.6) is 0 Å². The standard InChI is InChI=1S/C17H25NS/c18-14-17(19-15-8-4-3-5-9-15)12-16(13-17)10-6-1-2-7-11-16/h3-5,8-9H,1-2,6-7,10-14,18H2. The Morgan fingerprint density at radius 2 is 1.58 bits per heavy atom. The van der Waals surface area contributed by atoms with Crippen LogP contribution in [0, 0.1) is 5.41 Å². The molecule has 2 heteroatoms. The molecule has 19 heavy (non-hydrogen) atoms. The Balaban J connectivity index is 1.67. The van der Waals surface area contributed by atoms with Gasteiger partial charge in [0.1, 0.15) is 0 Å². The van der Waals surface area contributed by atoms with Crippen LogP contribution in [-0.2, 0) is 0 Å². The minimum Gasteiger partial charge on any atom is -0.329 e. The number of hydrogen-bond donors (Lipinski definition) is 1. The highest BCUT2D eigenvalue weighted by Gasteiger charge is 2.53. The Labute approximate surface area is 121 Å². The zero-order chi connectivity index (χ0) is 13.2. The molecule has 2 aliphatic rings. The van der Waals surface area contributed by atoms with Crippen molar-refractivity contribution < 1.29 is 0 Å². The van der Waals surface area contributed by atoms with Gasteiger partial charge in [0.25, 0.3) is 0 Å². The largest absolute Gasteiger partial charge is 0.329 e. The zero-order valence-corrected chi connectivity index (χ0v) is 12.6. The molecular weight excluding hydrogens is 250 g/mol. The zero-order valence-electron chi connectivity index (χ0n) is 11.7. The summed E-state index contributed by atoms with van der Waals surface area (Å²) in [6, 6.07) is 10.8. The van der Waals surface area contributed by atoms with Crippen LogP contribution in [0.25, 0.3) is 0 Å². The molecule has 0 amide bonds. The van der Waals surface area contributed by atoms with Crippen LogP contribution >= 0.6 is 11.8 Å². The van der Waals surface area contributed by atoms with Crippen LogP contribution in [0.2, 0.25) is 0 Å². The van der Waals surface area contributed by atoms with E-state index in [1.54, 1.807) is 0 Å². The van der Waals surface area contributed by atoms with Crippen LogP contribution in [-0.4, -0.2) is 11.3 Å². The molecule has 1 aromatic carbocycles. The van der Waals surface area contributed by atoms with Gasteiger partial charge in [-0.25, -0.2) is 0 Å². The molecule has 2 N–H and O–H groups in total. The van der Waals surface area contributed by atoms with Gasteiger partial charge in [-0.1, -0.05) is 43.9 Å². The predicted octanol–water partition coefficient (Wildman–Crippen LogP) is 4.61. The van der Waals surface area contributed by atoms with Crippen LogP contribution < -0.4 is 5.73 Å². The lowest BCUT2D eigenvalue weighted by molar-refractivity contribution is 0.0659. The first-order chi connectivity index (χ1) is 9.26. The summed E-state index contributed by atoms with van der Waals surface area (Å²) in [5.41, 5.74) is 6.78. The van der Waals surface area contributed by atoms with Gasteiger partial charge in [-0.2, -0.15) is 0 Å². The Morgan fingerprint density at radius 3 is 2.16 bits per heavy atom. The van der Waals surface area contributed by atoms with E-state index in [1.807, 2.05) is 11.8 Å². The number of rotatable bonds is 3. The fourth-order valence-corrected chi connectivity index (χ4v) is 5.78. The molecule has 0 aromatic heterocycles. The molecule has 0 atom stereocenters. The molecule has 0 radical (unpaired) electrons. The van der Waals surface area contributed by atoms with E-state index in [4.69, 9.17) is 5.73 Å². The van der Waals surface area contributed by atoms with E-state index in [0.717, 1.165) is 6.54 Å². The van der Waals surface area contributed by atoms with E-state index < -0.39 is 0 Å². The fraction of sp³-hybridized carbons (Fsp3) is 0.647. The summed E-state index contributed by atoms with van der Waals surface area (Å²) in [4.78, 5) is 1.39. The second-order valence-corrected chi connectivity index (χ2v) is 8.11. The summed E-state index contributed by atoms with van der Waals surface area (Å²) < 4.78 is 0.325. The van der Waals surface area contributed by atoms with Crippen molar-refractivity contribution in [3.05, 3.63) is 30.3 Å². The van der Waals surface area contributed by atoms with Gasteiger partial charge in [-0.3, -0.25) is 0 Å². The average molecular weight is 275 g/mol. The molecule has 1 nitrogen and oxygen atoms in total. The van der Waals surface area contributed by atoms with Gasteiger partial charge in [-0.15, -0.1) is 11.8 Å². The Morgan fingerprint density at radius 1 is 0.947 bits per heavy atom. The first-order valence-electron chi connectivity index (χ1n) is 7.70. The third kappa shape index (κ3) is 2.85. The monoisotopic (exact) mass is 275 g/mol. The molecular formula is C17H25NS. The highest BCUT2D eigenvalue weighted by molar-refractivity contribution is 8.00. The number of benzene rings is 1. The van der Waals surface area contributed by atoms with Gasteiger partial charge >= 0.3 is 0 Å². The van der Waals surface area contributed by atoms with Crippen LogP contribution in [0.3, 0.4) is 0 Å². The molecule has 1 spiro atoms. The van der Waals surface area contributed by atoms with E-state index in [-0.39, 0.29) is 0 Å². The van der Waals surface area contributed by atoms with E-state index >= 15 is 0 Å². The summed E-state index contributed by atoms with van der Waals surface area (Å²) in [7, 11) is 0. The van der Waals surface area contributed by atoms with Crippen molar-refractivity contribution in [1.82, 2.24) is 0 Å². The number of hydrogen-bond acceptors (Lipinski definition) is 2. The Bertz CT molecular complexity index is 399. The SMILES string of the molecule is NCC1(Sc2ccccc2)CC2(CCCCCC2)C1. The third-order valence-corrected chi connectivity index (χ3v) is 6.40. The summed E-state index contributed by atoms with van der Waals surface area (Å²) in [6.07, 6.45) is 11.4. The van der Waals surface area contributed by atoms with Crippen molar-refractivity contribution in [3.63, 3.8) is 0 Å². The molecule has 0 aliphatic heterocycles. The molecule has 2 aliphatic carbocycles. The maximum atomic E-state index is 6.12. The highest BCUT2D eigenvalue weighted by Crippen LogP contribution is 2.62. The van der Waals surface area contributed by atoms with Crippen molar-refractivity contribution in [2.45, 2.75) is 61.0 Å². The molecule has 0 heterocycles. The van der Waals surface area contributed by atoms with E-state index in [1.165, 1.54) is 56.3 Å². The quantitative estimate of drug-likeness (QED) is 0.871. The summed E-state index contributed by atoms with van der Waals surface area (Å²) in [5, 5.41) is 0. The van der Waals surface area contributed by atoms with Crippen molar-refractivity contribution in [2.75, 3.05) is 6.54 Å². The maximum Gasteiger partial charge on any atom is 0.0339 e. The lowest BCUT2D eigenvalue weighted by Gasteiger charge is -2.56. The molecule has 2 saturated carbocycles. The second kappa shape index (κ2) is 5.49. The summed E-state index contributed by atoms with van der Waals surface area (Å²) in [5.74, 6) is 0. The average Bonchev–Trinajstić information content (AvgIpc) is 2.65. The lowest BCUT2D eigenvalue weighted by Crippen LogP contribution is -2.53. The van der Waals surface area contributed by atoms with Gasteiger partial charge in [0.05, 0.1) is 0 Å². The summed E-state index contributed by atoms with van der Waals surface area (Å²) >= 11 is 2.03. The lowest BCUT2D eigenvalue weighted by atomic mass is 9.58. The predicted molar refractivity (Wildman–Crippen MR) is 83.5 cm³/mol. The van der Waals surface area contributed by atoms with E-state index in [2.05, 4.69) is 30.3 Å². The third-order valence-electron chi connectivity index (χ3n) is 5.01. The van der Waals surface area contributed by atoms with Crippen molar-refractivity contribution in [2.24, 2.45) is 11.1 Å². The van der Waals surface area contributed by atoms with Crippen LogP contribution in [0.4, 0.5) is 0 Å². The van der Waals surface area contributed by atoms with Gasteiger partial charge < -0.3 is 5.73 Å². The molecule has 104 valence electrons. The molecule has 3 rings (SSSR count). The minimum absolute atomic E-state index is 0.325. The fourth-order valence-electron chi connectivity index (χ4n) is 4.14. The molecule has 0 unspecified atom stereocenters. The Hall–Kier alpha value is -0.470. The van der Waals surface area contributed by atoms with Gasteiger partial charge in [0.15, 0.2) is 0 Å². The molecule has 1 aromatic rings. The topological polar surface area (TPSA) is 26.0 Å². The van der Waals surface area contributed by atoms with Crippen molar-refractivity contribution in [3.8, 4) is 0 Å². The maximum absolute atomic E-state index is 6.12. The van der Waals surface area contributed by atoms with Crippen LogP contribution in [0.1, 0.15) is 51.4 Å².